The molecule has 108 valence electrons. The van der Waals surface area contributed by atoms with Gasteiger partial charge in [-0.2, -0.15) is 11.8 Å². The molecule has 0 saturated carbocycles. The summed E-state index contributed by atoms with van der Waals surface area (Å²) in [6, 6.07) is 7.46. The highest BCUT2D eigenvalue weighted by atomic mass is 32.2. The van der Waals surface area contributed by atoms with E-state index >= 15 is 0 Å². The van der Waals surface area contributed by atoms with Gasteiger partial charge in [0.1, 0.15) is 5.82 Å². The zero-order chi connectivity index (χ0) is 14.1. The van der Waals surface area contributed by atoms with Gasteiger partial charge in [-0.25, -0.2) is 4.39 Å². The molecule has 0 aliphatic carbocycles. The standard InChI is InChI=1S/C16H26FNS/c1-13(2)18-12-15(5-4-10-19-3)11-14-6-8-16(17)9-7-14/h6-9,13,15,18H,4-5,10-12H2,1-3H3. The quantitative estimate of drug-likeness (QED) is 0.684. The topological polar surface area (TPSA) is 12.0 Å². The fourth-order valence-electron chi connectivity index (χ4n) is 2.15. The Bertz CT molecular complexity index is 337. The van der Waals surface area contributed by atoms with Gasteiger partial charge in [-0.1, -0.05) is 26.0 Å². The van der Waals surface area contributed by atoms with Crippen LogP contribution in [-0.2, 0) is 6.42 Å². The summed E-state index contributed by atoms with van der Waals surface area (Å²) >= 11 is 1.91. The lowest BCUT2D eigenvalue weighted by Gasteiger charge is -2.19. The van der Waals surface area contributed by atoms with Crippen LogP contribution in [0.4, 0.5) is 4.39 Å². The largest absolute Gasteiger partial charge is 0.314 e. The predicted molar refractivity (Wildman–Crippen MR) is 84.3 cm³/mol. The molecule has 0 saturated heterocycles. The summed E-state index contributed by atoms with van der Waals surface area (Å²) in [7, 11) is 0. The minimum absolute atomic E-state index is 0.150. The van der Waals surface area contributed by atoms with Gasteiger partial charge in [0, 0.05) is 6.04 Å². The van der Waals surface area contributed by atoms with E-state index in [0.29, 0.717) is 12.0 Å². The molecular weight excluding hydrogens is 257 g/mol. The molecule has 0 radical (unpaired) electrons. The first-order valence-electron chi connectivity index (χ1n) is 7.08. The summed E-state index contributed by atoms with van der Waals surface area (Å²) in [6.07, 6.45) is 5.68. The maximum Gasteiger partial charge on any atom is 0.123 e. The van der Waals surface area contributed by atoms with Crippen LogP contribution >= 0.6 is 11.8 Å². The minimum Gasteiger partial charge on any atom is -0.314 e. The second-order valence-electron chi connectivity index (χ2n) is 5.39. The summed E-state index contributed by atoms with van der Waals surface area (Å²) in [5.41, 5.74) is 1.24. The van der Waals surface area contributed by atoms with Crippen LogP contribution in [0.1, 0.15) is 32.3 Å². The number of halogens is 1. The molecule has 1 unspecified atom stereocenters. The van der Waals surface area contributed by atoms with Gasteiger partial charge in [-0.05, 0) is 61.4 Å². The van der Waals surface area contributed by atoms with Gasteiger partial charge in [0.25, 0.3) is 0 Å². The van der Waals surface area contributed by atoms with Crippen LogP contribution in [0.15, 0.2) is 24.3 Å². The van der Waals surface area contributed by atoms with E-state index in [-0.39, 0.29) is 5.82 Å². The molecule has 1 N–H and O–H groups in total. The van der Waals surface area contributed by atoms with Crippen LogP contribution in [0, 0.1) is 11.7 Å². The van der Waals surface area contributed by atoms with Crippen LogP contribution in [0.2, 0.25) is 0 Å². The van der Waals surface area contributed by atoms with Crippen molar-refractivity contribution >= 4 is 11.8 Å². The van der Waals surface area contributed by atoms with E-state index in [1.807, 2.05) is 23.9 Å². The SMILES string of the molecule is CSCCCC(CNC(C)C)Cc1ccc(F)cc1. The van der Waals surface area contributed by atoms with Crippen molar-refractivity contribution in [3.63, 3.8) is 0 Å². The molecule has 0 heterocycles. The van der Waals surface area contributed by atoms with E-state index in [4.69, 9.17) is 0 Å². The van der Waals surface area contributed by atoms with Gasteiger partial charge < -0.3 is 5.32 Å². The number of nitrogens with one attached hydrogen (secondary N) is 1. The maximum absolute atomic E-state index is 12.9. The molecule has 0 aromatic heterocycles. The zero-order valence-electron chi connectivity index (χ0n) is 12.3. The monoisotopic (exact) mass is 283 g/mol. The van der Waals surface area contributed by atoms with Gasteiger partial charge in [-0.3, -0.25) is 0 Å². The van der Waals surface area contributed by atoms with E-state index in [1.54, 1.807) is 12.1 Å². The first-order chi connectivity index (χ1) is 9.11. The fourth-order valence-corrected chi connectivity index (χ4v) is 2.60. The van der Waals surface area contributed by atoms with Crippen molar-refractivity contribution in [2.45, 2.75) is 39.2 Å². The third-order valence-corrected chi connectivity index (χ3v) is 3.91. The molecule has 1 aromatic rings. The van der Waals surface area contributed by atoms with Gasteiger partial charge >= 0.3 is 0 Å². The van der Waals surface area contributed by atoms with E-state index in [9.17, 15) is 4.39 Å². The molecule has 1 nitrogen and oxygen atoms in total. The van der Waals surface area contributed by atoms with Crippen molar-refractivity contribution < 1.29 is 4.39 Å². The van der Waals surface area contributed by atoms with Crippen molar-refractivity contribution in [2.75, 3.05) is 18.6 Å². The van der Waals surface area contributed by atoms with Crippen molar-refractivity contribution in [3.8, 4) is 0 Å². The van der Waals surface area contributed by atoms with Gasteiger partial charge in [0.05, 0.1) is 0 Å². The lowest BCUT2D eigenvalue weighted by atomic mass is 9.94. The Kier molecular flexibility index (Phi) is 8.15. The molecule has 0 amide bonds. The fraction of sp³-hybridized carbons (Fsp3) is 0.625. The lowest BCUT2D eigenvalue weighted by Crippen LogP contribution is -2.30. The third-order valence-electron chi connectivity index (χ3n) is 3.21. The summed E-state index contributed by atoms with van der Waals surface area (Å²) in [5.74, 6) is 1.71. The number of hydrogen-bond acceptors (Lipinski definition) is 2. The molecular formula is C16H26FNS. The second kappa shape index (κ2) is 9.38. The zero-order valence-corrected chi connectivity index (χ0v) is 13.1. The van der Waals surface area contributed by atoms with E-state index in [0.717, 1.165) is 13.0 Å². The minimum atomic E-state index is -0.150. The highest BCUT2D eigenvalue weighted by Gasteiger charge is 2.10. The summed E-state index contributed by atoms with van der Waals surface area (Å²) in [4.78, 5) is 0. The van der Waals surface area contributed by atoms with Crippen LogP contribution in [-0.4, -0.2) is 24.6 Å². The molecule has 0 fully saturated rings. The Morgan fingerprint density at radius 2 is 1.89 bits per heavy atom. The molecule has 0 aliphatic rings. The van der Waals surface area contributed by atoms with Gasteiger partial charge in [0.2, 0.25) is 0 Å². The summed E-state index contributed by atoms with van der Waals surface area (Å²) in [5, 5.41) is 3.52. The number of rotatable bonds is 9. The van der Waals surface area contributed by atoms with Crippen molar-refractivity contribution in [1.82, 2.24) is 5.32 Å². The van der Waals surface area contributed by atoms with Gasteiger partial charge in [0.15, 0.2) is 0 Å². The maximum atomic E-state index is 12.9. The van der Waals surface area contributed by atoms with E-state index in [1.165, 1.54) is 24.2 Å². The molecule has 1 aromatic carbocycles. The van der Waals surface area contributed by atoms with Crippen molar-refractivity contribution in [2.24, 2.45) is 5.92 Å². The average molecular weight is 283 g/mol. The molecule has 1 atom stereocenters. The molecule has 0 aliphatic heterocycles. The normalized spacial score (nSPS) is 12.9. The number of thioether (sulfide) groups is 1. The van der Waals surface area contributed by atoms with Crippen LogP contribution in [0.5, 0.6) is 0 Å². The molecule has 0 bridgehead atoms. The summed E-state index contributed by atoms with van der Waals surface area (Å²) in [6.45, 7) is 5.40. The first-order valence-corrected chi connectivity index (χ1v) is 8.48. The Hall–Kier alpha value is -0.540. The Morgan fingerprint density at radius 1 is 1.21 bits per heavy atom. The highest BCUT2D eigenvalue weighted by Crippen LogP contribution is 2.16. The third kappa shape index (κ3) is 7.58. The van der Waals surface area contributed by atoms with E-state index < -0.39 is 0 Å². The molecule has 3 heteroatoms. The average Bonchev–Trinajstić information content (AvgIpc) is 2.38. The predicted octanol–water partition coefficient (Wildman–Crippen LogP) is 4.13. The summed E-state index contributed by atoms with van der Waals surface area (Å²) < 4.78 is 12.9. The highest BCUT2D eigenvalue weighted by molar-refractivity contribution is 7.98. The Morgan fingerprint density at radius 3 is 2.47 bits per heavy atom. The van der Waals surface area contributed by atoms with Crippen molar-refractivity contribution in [1.29, 1.82) is 0 Å². The van der Waals surface area contributed by atoms with E-state index in [2.05, 4.69) is 25.4 Å². The Balaban J connectivity index is 2.48. The molecule has 19 heavy (non-hydrogen) atoms. The second-order valence-corrected chi connectivity index (χ2v) is 6.38. The lowest BCUT2D eigenvalue weighted by molar-refractivity contribution is 0.419. The Labute approximate surface area is 121 Å². The molecule has 0 spiro atoms. The van der Waals surface area contributed by atoms with Crippen molar-refractivity contribution in [3.05, 3.63) is 35.6 Å². The number of hydrogen-bond donors (Lipinski definition) is 1. The van der Waals surface area contributed by atoms with Crippen LogP contribution in [0.25, 0.3) is 0 Å². The van der Waals surface area contributed by atoms with Gasteiger partial charge in [-0.15, -0.1) is 0 Å². The van der Waals surface area contributed by atoms with Crippen LogP contribution in [0.3, 0.4) is 0 Å². The first kappa shape index (κ1) is 16.5. The van der Waals surface area contributed by atoms with Crippen LogP contribution < -0.4 is 5.32 Å². The smallest absolute Gasteiger partial charge is 0.123 e. The number of benzene rings is 1. The molecule has 1 rings (SSSR count).